The van der Waals surface area contributed by atoms with Gasteiger partial charge in [0, 0.05) is 42.9 Å². The van der Waals surface area contributed by atoms with E-state index in [1.807, 2.05) is 0 Å². The maximum atomic E-state index is 0. The third-order valence-corrected chi connectivity index (χ3v) is 0. The third-order valence-electron chi connectivity index (χ3n) is 0. The molecule has 0 saturated heterocycles. The molecule has 0 amide bonds. The summed E-state index contributed by atoms with van der Waals surface area (Å²) in [6.07, 6.45) is 0. The summed E-state index contributed by atoms with van der Waals surface area (Å²) in [5.41, 5.74) is 0. The van der Waals surface area contributed by atoms with E-state index in [9.17, 15) is 0 Å². The van der Waals surface area contributed by atoms with Crippen LogP contribution in [-0.2, 0) is 42.9 Å². The first kappa shape index (κ1) is 31.9. The van der Waals surface area contributed by atoms with Gasteiger partial charge in [-0.05, 0) is 0 Å². The molecule has 4 heavy (non-hydrogen) atoms. The van der Waals surface area contributed by atoms with Crippen molar-refractivity contribution in [2.75, 3.05) is 0 Å². The van der Waals surface area contributed by atoms with Crippen LogP contribution in [-0.4, -0.2) is 34.7 Å². The zero-order valence-electron chi connectivity index (χ0n) is 1.30. The first-order valence-electron chi connectivity index (χ1n) is 0. The number of rotatable bonds is 0. The molecule has 1 radical (unpaired) electrons. The summed E-state index contributed by atoms with van der Waals surface area (Å²) in [6.45, 7) is 0. The van der Waals surface area contributed by atoms with Gasteiger partial charge in [0.05, 0.1) is 0 Å². The van der Waals surface area contributed by atoms with E-state index < -0.39 is 0 Å². The van der Waals surface area contributed by atoms with Crippen molar-refractivity contribution in [1.82, 2.24) is 0 Å². The second-order valence-electron chi connectivity index (χ2n) is 0. The van der Waals surface area contributed by atoms with E-state index in [0.717, 1.165) is 0 Å². The van der Waals surface area contributed by atoms with E-state index in [-0.39, 0.29) is 77.6 Å². The Morgan fingerprint density at radius 2 is 1.00 bits per heavy atom. The molecule has 4 heteroatoms. The minimum absolute atomic E-state index is 0. The summed E-state index contributed by atoms with van der Waals surface area (Å²) in [6, 6.07) is 0. The molecule has 0 saturated carbocycles. The van der Waals surface area contributed by atoms with Gasteiger partial charge in [-0.25, -0.2) is 0 Å². The fourth-order valence-electron chi connectivity index (χ4n) is 0. The second-order valence-corrected chi connectivity index (χ2v) is 0. The summed E-state index contributed by atoms with van der Waals surface area (Å²) in [5.74, 6) is 0. The van der Waals surface area contributed by atoms with E-state index in [0.29, 0.717) is 0 Å². The van der Waals surface area contributed by atoms with E-state index in [1.54, 1.807) is 0 Å². The molecule has 0 spiro atoms. The third kappa shape index (κ3) is 8.82. The standard InChI is InChI=1S/Cu.GeH4.Hf.H2Se/h;1H4;;1H2. The second kappa shape index (κ2) is 18.0. The molecule has 0 aromatic heterocycles. The average molecular weight is 400 g/mol. The molecule has 0 aromatic carbocycles. The minimum atomic E-state index is 0. The van der Waals surface area contributed by atoms with Crippen molar-refractivity contribution in [1.29, 1.82) is 0 Å². The Morgan fingerprint density at radius 1 is 1.00 bits per heavy atom. The fraction of sp³-hybridized carbons (Fsp3) is 0. The summed E-state index contributed by atoms with van der Waals surface area (Å²) in [5, 5.41) is 0. The van der Waals surface area contributed by atoms with Crippen LogP contribution >= 0.6 is 0 Å². The molecule has 0 bridgehead atoms. The van der Waals surface area contributed by atoms with Gasteiger partial charge in [-0.15, -0.1) is 0 Å². The quantitative estimate of drug-likeness (QED) is 0.400. The normalized spacial score (nSPS) is 0. The van der Waals surface area contributed by atoms with Crippen LogP contribution in [0.3, 0.4) is 0 Å². The molecule has 0 aromatic rings. The van der Waals surface area contributed by atoms with Crippen LogP contribution in [0, 0.1) is 0 Å². The molecule has 0 rings (SSSR count). The Bertz CT molecular complexity index is 8.00. The molecule has 0 nitrogen and oxygen atoms in total. The van der Waals surface area contributed by atoms with Crippen LogP contribution in [0.15, 0.2) is 0 Å². The molecule has 0 aliphatic carbocycles. The summed E-state index contributed by atoms with van der Waals surface area (Å²) in [7, 11) is 0. The van der Waals surface area contributed by atoms with Gasteiger partial charge in [0.25, 0.3) is 0 Å². The molecule has 31 valence electrons. The van der Waals surface area contributed by atoms with Gasteiger partial charge >= 0.3 is 34.7 Å². The molecule has 0 atom stereocenters. The molecule has 0 N–H and O–H groups in total. The topological polar surface area (TPSA) is 0 Å². The van der Waals surface area contributed by atoms with Crippen LogP contribution in [0.2, 0.25) is 0 Å². The molecule has 0 aliphatic heterocycles. The molecular weight excluding hydrogens is 394 g/mol. The van der Waals surface area contributed by atoms with E-state index in [1.165, 1.54) is 0 Å². The Morgan fingerprint density at radius 3 is 1.00 bits per heavy atom. The molecule has 0 unspecified atom stereocenters. The summed E-state index contributed by atoms with van der Waals surface area (Å²) in [4.78, 5) is 0. The van der Waals surface area contributed by atoms with Crippen LogP contribution < -0.4 is 0 Å². The predicted molar refractivity (Wildman–Crippen MR) is 19.9 cm³/mol. The monoisotopic (exact) mass is 403 g/mol. The van der Waals surface area contributed by atoms with Crippen LogP contribution in [0.5, 0.6) is 0 Å². The van der Waals surface area contributed by atoms with Crippen molar-refractivity contribution in [3.05, 3.63) is 0 Å². The first-order valence-corrected chi connectivity index (χ1v) is 0. The van der Waals surface area contributed by atoms with Crippen LogP contribution in [0.25, 0.3) is 0 Å². The predicted octanol–water partition coefficient (Wildman–Crippen LogP) is -2.37. The van der Waals surface area contributed by atoms with Gasteiger partial charge in [-0.2, -0.15) is 0 Å². The van der Waals surface area contributed by atoms with Gasteiger partial charge in [0.2, 0.25) is 0 Å². The van der Waals surface area contributed by atoms with Crippen molar-refractivity contribution in [2.45, 2.75) is 0 Å². The number of hydrogen-bond donors (Lipinski definition) is 0. The van der Waals surface area contributed by atoms with Gasteiger partial charge in [-0.3, -0.25) is 0 Å². The molecule has 0 heterocycles. The SMILES string of the molecule is [Cu].[GeH4].[Hf].[SeH2]. The molecular formula is H6CuGeHfSe. The Hall–Kier alpha value is 2.45. The van der Waals surface area contributed by atoms with Crippen LogP contribution in [0.1, 0.15) is 0 Å². The first-order chi connectivity index (χ1) is 0. The molecule has 0 fully saturated rings. The van der Waals surface area contributed by atoms with E-state index in [4.69, 9.17) is 0 Å². The zero-order chi connectivity index (χ0) is 0. The van der Waals surface area contributed by atoms with Crippen molar-refractivity contribution >= 4 is 34.7 Å². The van der Waals surface area contributed by atoms with Gasteiger partial charge in [0.15, 0.2) is 0 Å². The Labute approximate surface area is 76.6 Å². The average Bonchev–Trinajstić information content (AvgIpc) is 0. The summed E-state index contributed by atoms with van der Waals surface area (Å²) < 4.78 is 0. The van der Waals surface area contributed by atoms with Gasteiger partial charge in [0.1, 0.15) is 0 Å². The van der Waals surface area contributed by atoms with E-state index in [2.05, 4.69) is 0 Å². The van der Waals surface area contributed by atoms with Crippen LogP contribution in [0.4, 0.5) is 0 Å². The Balaban J connectivity index is 0. The zero-order valence-corrected chi connectivity index (χ0v) is 7.93. The number of hydrogen-bond acceptors (Lipinski definition) is 0. The molecule has 0 aliphatic rings. The maximum absolute atomic E-state index is 0. The Kier molecular flexibility index (Phi) is 143. The summed E-state index contributed by atoms with van der Waals surface area (Å²) >= 11 is 0. The van der Waals surface area contributed by atoms with Crippen molar-refractivity contribution in [3.63, 3.8) is 0 Å². The van der Waals surface area contributed by atoms with Crippen molar-refractivity contribution in [2.24, 2.45) is 0 Å². The van der Waals surface area contributed by atoms with Crippen molar-refractivity contribution in [3.8, 4) is 0 Å². The fourth-order valence-corrected chi connectivity index (χ4v) is 0. The van der Waals surface area contributed by atoms with Crippen molar-refractivity contribution < 1.29 is 42.9 Å². The van der Waals surface area contributed by atoms with Gasteiger partial charge in [-0.1, -0.05) is 0 Å². The van der Waals surface area contributed by atoms with Gasteiger partial charge < -0.3 is 0 Å². The van der Waals surface area contributed by atoms with E-state index >= 15 is 0 Å².